The molecular weight excluding hydrogens is 1100 g/mol. The number of halogens is 5. The third-order valence-corrected chi connectivity index (χ3v) is 14.3. The molecular formula is C68H53ClF4N8O4. The summed E-state index contributed by atoms with van der Waals surface area (Å²) >= 11 is 6.21. The Kier molecular flexibility index (Phi) is 17.5. The molecule has 6 heterocycles. The smallest absolute Gasteiger partial charge is 0.137 e. The molecule has 0 aliphatic carbocycles. The van der Waals surface area contributed by atoms with Gasteiger partial charge in [-0.05, 0) is 92.2 Å². The van der Waals surface area contributed by atoms with Crippen molar-refractivity contribution in [1.29, 1.82) is 0 Å². The summed E-state index contributed by atoms with van der Waals surface area (Å²) in [5.41, 5.74) is 18.0. The SMILES string of the molecule is COc1ccccc1-c1cnc(-c2ccccc2OC)c(N)c1.COc1ccccc1-c1cnc(-c2ccccc2OC)c(Nc2c(C)c(-c3ccccn3)nc3cc(F)cc(F)c23)c1.Cc1c(-c2ccccn2)nc2cc(F)cc(F)c2c1Cl. The zero-order valence-electron chi connectivity index (χ0n) is 46.8. The van der Waals surface area contributed by atoms with Crippen molar-refractivity contribution in [2.75, 3.05) is 39.5 Å². The number of pyridine rings is 6. The van der Waals surface area contributed by atoms with Gasteiger partial charge in [0.25, 0.3) is 0 Å². The van der Waals surface area contributed by atoms with Crippen LogP contribution in [0.1, 0.15) is 11.1 Å². The summed E-state index contributed by atoms with van der Waals surface area (Å²) in [4.78, 5) is 27.0. The van der Waals surface area contributed by atoms with Gasteiger partial charge in [0.1, 0.15) is 46.3 Å². The molecule has 6 aromatic heterocycles. The molecule has 0 atom stereocenters. The Hall–Kier alpha value is -10.5. The molecule has 0 amide bonds. The van der Waals surface area contributed by atoms with Gasteiger partial charge in [0.2, 0.25) is 0 Å². The quantitative estimate of drug-likeness (QED) is 0.112. The van der Waals surface area contributed by atoms with E-state index < -0.39 is 23.3 Å². The zero-order valence-corrected chi connectivity index (χ0v) is 47.5. The number of nitrogens with zero attached hydrogens (tertiary/aromatic N) is 6. The number of nitrogens with two attached hydrogens (primary N) is 1. The van der Waals surface area contributed by atoms with E-state index >= 15 is 4.39 Å². The summed E-state index contributed by atoms with van der Waals surface area (Å²) in [6.45, 7) is 3.57. The molecule has 0 spiro atoms. The van der Waals surface area contributed by atoms with Crippen molar-refractivity contribution in [3.05, 3.63) is 234 Å². The molecule has 17 heteroatoms. The number of methoxy groups -OCH3 is 4. The second-order valence-electron chi connectivity index (χ2n) is 19.1. The largest absolute Gasteiger partial charge is 0.496 e. The maximum Gasteiger partial charge on any atom is 0.137 e. The molecule has 0 bridgehead atoms. The minimum Gasteiger partial charge on any atom is -0.496 e. The molecule has 0 saturated carbocycles. The Morgan fingerprint density at radius 2 is 0.847 bits per heavy atom. The highest BCUT2D eigenvalue weighted by Crippen LogP contribution is 2.43. The van der Waals surface area contributed by atoms with E-state index in [0.29, 0.717) is 73.9 Å². The van der Waals surface area contributed by atoms with Gasteiger partial charge in [-0.1, -0.05) is 84.4 Å². The maximum absolute atomic E-state index is 15.5. The monoisotopic (exact) mass is 1160 g/mol. The molecule has 0 unspecified atom stereocenters. The molecule has 6 aromatic carbocycles. The van der Waals surface area contributed by atoms with Crippen LogP contribution in [0.2, 0.25) is 5.02 Å². The Morgan fingerprint density at radius 1 is 0.435 bits per heavy atom. The van der Waals surface area contributed by atoms with Gasteiger partial charge in [0.05, 0.1) is 106 Å². The Bertz CT molecular complexity index is 4410. The van der Waals surface area contributed by atoms with E-state index in [1.165, 1.54) is 6.07 Å². The van der Waals surface area contributed by atoms with Crippen molar-refractivity contribution >= 4 is 50.5 Å². The standard InChI is InChI=1S/C34H26F2N4O2.C19H18N2O2.C15H9ClF2N2/c1-20-32(26-12-8-9-15-37-26)39-27-18-22(35)17-25(36)31(27)33(20)40-28-16-21(23-10-4-6-13-29(23)41-2)19-38-34(28)24-11-5-7-14-30(24)42-3;1-22-17-9-5-3-7-14(17)13-11-16(20)19(21-12-13)15-8-4-6-10-18(15)23-2;1-8-14(16)13-10(18)6-9(17)7-12(13)20-15(8)11-4-2-3-5-19-11/h4-19H,1-3H3,(H,39,40);3-12H,20H2,1-2H3;2-7H,1H3. The van der Waals surface area contributed by atoms with Crippen LogP contribution in [0, 0.1) is 37.1 Å². The second kappa shape index (κ2) is 25.8. The van der Waals surface area contributed by atoms with Crippen molar-refractivity contribution in [3.63, 3.8) is 0 Å². The number of nitrogen functional groups attached to an aromatic ring is 1. The normalized spacial score (nSPS) is 10.8. The average molecular weight is 1160 g/mol. The van der Waals surface area contributed by atoms with Crippen LogP contribution in [0.25, 0.3) is 89.4 Å². The number of ether oxygens (including phenoxy) is 4. The number of anilines is 3. The fraction of sp³-hybridized carbons (Fsp3) is 0.0882. The van der Waals surface area contributed by atoms with Crippen LogP contribution in [0.4, 0.5) is 34.6 Å². The molecule has 3 N–H and O–H groups in total. The van der Waals surface area contributed by atoms with Crippen molar-refractivity contribution < 1.29 is 36.5 Å². The summed E-state index contributed by atoms with van der Waals surface area (Å²) in [6.07, 6.45) is 6.84. The van der Waals surface area contributed by atoms with Crippen LogP contribution in [-0.2, 0) is 0 Å². The van der Waals surface area contributed by atoms with E-state index in [4.69, 9.17) is 41.3 Å². The van der Waals surface area contributed by atoms with Crippen LogP contribution >= 0.6 is 11.6 Å². The number of nitrogens with one attached hydrogen (secondary N) is 1. The van der Waals surface area contributed by atoms with Crippen LogP contribution in [0.5, 0.6) is 23.0 Å². The van der Waals surface area contributed by atoms with E-state index in [1.54, 1.807) is 78.3 Å². The molecule has 12 rings (SSSR count). The summed E-state index contributed by atoms with van der Waals surface area (Å²) in [7, 11) is 6.50. The van der Waals surface area contributed by atoms with Crippen LogP contribution in [0.3, 0.4) is 0 Å². The molecule has 0 saturated heterocycles. The van der Waals surface area contributed by atoms with Crippen LogP contribution in [-0.4, -0.2) is 58.3 Å². The average Bonchev–Trinajstić information content (AvgIpc) is 1.83. The van der Waals surface area contributed by atoms with Gasteiger partial charge in [-0.25, -0.2) is 27.5 Å². The molecule has 0 fully saturated rings. The van der Waals surface area contributed by atoms with Crippen molar-refractivity contribution in [2.24, 2.45) is 0 Å². The number of benzene rings is 6. The number of aromatic nitrogens is 6. The third-order valence-electron chi connectivity index (χ3n) is 13.9. The van der Waals surface area contributed by atoms with Gasteiger partial charge in [-0.3, -0.25) is 19.9 Å². The summed E-state index contributed by atoms with van der Waals surface area (Å²) in [5, 5.41) is 3.98. The van der Waals surface area contributed by atoms with Crippen molar-refractivity contribution in [2.45, 2.75) is 13.8 Å². The van der Waals surface area contributed by atoms with Gasteiger partial charge >= 0.3 is 0 Å². The first kappa shape index (κ1) is 57.8. The first-order valence-electron chi connectivity index (χ1n) is 26.4. The summed E-state index contributed by atoms with van der Waals surface area (Å²) < 4.78 is 79.2. The first-order valence-corrected chi connectivity index (χ1v) is 26.8. The number of rotatable bonds is 12. The molecule has 85 heavy (non-hydrogen) atoms. The minimum absolute atomic E-state index is 0.130. The van der Waals surface area contributed by atoms with Crippen molar-refractivity contribution in [1.82, 2.24) is 29.9 Å². The molecule has 0 aliphatic rings. The zero-order chi connectivity index (χ0) is 59.7. The second-order valence-corrected chi connectivity index (χ2v) is 19.4. The number of hydrogen-bond acceptors (Lipinski definition) is 12. The summed E-state index contributed by atoms with van der Waals surface area (Å²) in [5.74, 6) is -0.0122. The molecule has 424 valence electrons. The first-order chi connectivity index (χ1) is 41.3. The van der Waals surface area contributed by atoms with Gasteiger partial charge < -0.3 is 30.0 Å². The molecule has 0 aliphatic heterocycles. The predicted octanol–water partition coefficient (Wildman–Crippen LogP) is 16.9. The van der Waals surface area contributed by atoms with E-state index in [9.17, 15) is 13.2 Å². The van der Waals surface area contributed by atoms with Gasteiger partial charge in [0, 0.05) is 88.0 Å². The predicted molar refractivity (Wildman–Crippen MR) is 328 cm³/mol. The lowest BCUT2D eigenvalue weighted by molar-refractivity contribution is 0.416. The fourth-order valence-electron chi connectivity index (χ4n) is 9.79. The van der Waals surface area contributed by atoms with E-state index in [-0.39, 0.29) is 26.8 Å². The lowest BCUT2D eigenvalue weighted by Gasteiger charge is -2.20. The minimum atomic E-state index is -0.733. The molecule has 0 radical (unpaired) electrons. The topological polar surface area (TPSA) is 152 Å². The maximum atomic E-state index is 15.5. The highest BCUT2D eigenvalue weighted by Gasteiger charge is 2.23. The third kappa shape index (κ3) is 12.2. The Morgan fingerprint density at radius 3 is 1.33 bits per heavy atom. The highest BCUT2D eigenvalue weighted by atomic mass is 35.5. The van der Waals surface area contributed by atoms with Gasteiger partial charge in [0.15, 0.2) is 0 Å². The lowest BCUT2D eigenvalue weighted by atomic mass is 10.0. The number of fused-ring (bicyclic) bond motifs is 2. The summed E-state index contributed by atoms with van der Waals surface area (Å²) in [6, 6.07) is 49.3. The Balaban J connectivity index is 0.000000157. The van der Waals surface area contributed by atoms with Crippen LogP contribution in [0.15, 0.2) is 195 Å². The van der Waals surface area contributed by atoms with Gasteiger partial charge in [-0.2, -0.15) is 0 Å². The fourth-order valence-corrected chi connectivity index (χ4v) is 10.1. The van der Waals surface area contributed by atoms with E-state index in [1.807, 2.05) is 134 Å². The molecule has 12 nitrogen and oxygen atoms in total. The van der Waals surface area contributed by atoms with Gasteiger partial charge in [-0.15, -0.1) is 0 Å². The highest BCUT2D eigenvalue weighted by molar-refractivity contribution is 6.36. The van der Waals surface area contributed by atoms with E-state index in [0.717, 1.165) is 63.1 Å². The van der Waals surface area contributed by atoms with Crippen molar-refractivity contribution in [3.8, 4) is 90.5 Å². The Labute approximate surface area is 492 Å². The molecule has 12 aromatic rings. The lowest BCUT2D eigenvalue weighted by Crippen LogP contribution is -2.04. The number of para-hydroxylation sites is 4. The van der Waals surface area contributed by atoms with E-state index in [2.05, 4.69) is 30.2 Å². The van der Waals surface area contributed by atoms with Crippen LogP contribution < -0.4 is 30.0 Å². The number of hydrogen-bond donors (Lipinski definition) is 2.